The van der Waals surface area contributed by atoms with Crippen LogP contribution in [0.3, 0.4) is 0 Å². The van der Waals surface area contributed by atoms with Gasteiger partial charge in [0, 0.05) is 23.9 Å². The van der Waals surface area contributed by atoms with Crippen molar-refractivity contribution in [2.75, 3.05) is 14.2 Å². The molecule has 2 aromatic carbocycles. The lowest BCUT2D eigenvalue weighted by Gasteiger charge is -2.11. The van der Waals surface area contributed by atoms with Gasteiger partial charge in [-0.3, -0.25) is 4.98 Å². The lowest BCUT2D eigenvalue weighted by Crippen LogP contribution is -1.93. The molecule has 23 heavy (non-hydrogen) atoms. The quantitative estimate of drug-likeness (QED) is 0.693. The number of para-hydroxylation sites is 1. The topological polar surface area (TPSA) is 40.6 Å². The summed E-state index contributed by atoms with van der Waals surface area (Å²) in [7, 11) is 3.25. The van der Waals surface area contributed by atoms with Crippen LogP contribution in [-0.2, 0) is 0 Å². The van der Waals surface area contributed by atoms with Crippen LogP contribution in [0.4, 0.5) is 0 Å². The first-order chi connectivity index (χ1) is 11.3. The fraction of sp³-hybridized carbons (Fsp3) is 0.105. The number of hydrogen-bond acceptors (Lipinski definition) is 4. The van der Waals surface area contributed by atoms with E-state index in [2.05, 4.69) is 4.98 Å². The van der Waals surface area contributed by atoms with Crippen molar-refractivity contribution >= 4 is 0 Å². The standard InChI is InChI=1S/C19H17NO3/c1-21-15-8-9-17(19(13-15)22-2)18-12-16(10-11-20-18)23-14-6-4-3-5-7-14/h3-13H,1-2H3. The maximum Gasteiger partial charge on any atom is 0.131 e. The minimum atomic E-state index is 0.703. The van der Waals surface area contributed by atoms with Gasteiger partial charge < -0.3 is 14.2 Å². The first-order valence-electron chi connectivity index (χ1n) is 7.21. The van der Waals surface area contributed by atoms with Crippen molar-refractivity contribution in [1.82, 2.24) is 4.98 Å². The molecule has 3 aromatic rings. The molecule has 0 amide bonds. The van der Waals surface area contributed by atoms with Gasteiger partial charge in [-0.05, 0) is 30.3 Å². The maximum absolute atomic E-state index is 5.85. The van der Waals surface area contributed by atoms with Crippen LogP contribution in [-0.4, -0.2) is 19.2 Å². The molecule has 0 fully saturated rings. The summed E-state index contributed by atoms with van der Waals surface area (Å²) in [5, 5.41) is 0. The highest BCUT2D eigenvalue weighted by Gasteiger charge is 2.10. The van der Waals surface area contributed by atoms with Crippen LogP contribution in [0.1, 0.15) is 0 Å². The predicted octanol–water partition coefficient (Wildman–Crippen LogP) is 4.56. The molecule has 0 spiro atoms. The van der Waals surface area contributed by atoms with Gasteiger partial charge in [0.15, 0.2) is 0 Å². The lowest BCUT2D eigenvalue weighted by molar-refractivity contribution is 0.395. The van der Waals surface area contributed by atoms with E-state index in [9.17, 15) is 0 Å². The van der Waals surface area contributed by atoms with Gasteiger partial charge in [0.25, 0.3) is 0 Å². The number of rotatable bonds is 5. The number of methoxy groups -OCH3 is 2. The van der Waals surface area contributed by atoms with E-state index in [1.807, 2.05) is 60.7 Å². The van der Waals surface area contributed by atoms with Crippen molar-refractivity contribution in [2.24, 2.45) is 0 Å². The third-order valence-corrected chi connectivity index (χ3v) is 3.39. The van der Waals surface area contributed by atoms with Crippen LogP contribution in [0.25, 0.3) is 11.3 Å². The molecular weight excluding hydrogens is 290 g/mol. The molecule has 0 N–H and O–H groups in total. The monoisotopic (exact) mass is 307 g/mol. The highest BCUT2D eigenvalue weighted by molar-refractivity contribution is 5.69. The van der Waals surface area contributed by atoms with Crippen molar-refractivity contribution in [3.8, 4) is 34.3 Å². The number of aromatic nitrogens is 1. The van der Waals surface area contributed by atoms with E-state index in [-0.39, 0.29) is 0 Å². The molecule has 3 rings (SSSR count). The molecule has 0 aliphatic carbocycles. The summed E-state index contributed by atoms with van der Waals surface area (Å²) >= 11 is 0. The lowest BCUT2D eigenvalue weighted by atomic mass is 10.1. The highest BCUT2D eigenvalue weighted by Crippen LogP contribution is 2.34. The molecule has 0 atom stereocenters. The summed E-state index contributed by atoms with van der Waals surface area (Å²) in [5.41, 5.74) is 1.66. The number of hydrogen-bond donors (Lipinski definition) is 0. The van der Waals surface area contributed by atoms with E-state index in [1.165, 1.54) is 0 Å². The van der Waals surface area contributed by atoms with Crippen LogP contribution in [0, 0.1) is 0 Å². The number of ether oxygens (including phenoxy) is 3. The van der Waals surface area contributed by atoms with Crippen LogP contribution in [0.2, 0.25) is 0 Å². The van der Waals surface area contributed by atoms with Crippen LogP contribution >= 0.6 is 0 Å². The van der Waals surface area contributed by atoms with Gasteiger partial charge in [-0.15, -0.1) is 0 Å². The van der Waals surface area contributed by atoms with Crippen molar-refractivity contribution in [2.45, 2.75) is 0 Å². The fourth-order valence-electron chi connectivity index (χ4n) is 2.26. The summed E-state index contributed by atoms with van der Waals surface area (Å²) in [6, 6.07) is 19.0. The molecular formula is C19H17NO3. The average Bonchev–Trinajstić information content (AvgIpc) is 2.62. The highest BCUT2D eigenvalue weighted by atomic mass is 16.5. The van der Waals surface area contributed by atoms with Gasteiger partial charge in [-0.1, -0.05) is 18.2 Å². The van der Waals surface area contributed by atoms with Crippen molar-refractivity contribution < 1.29 is 14.2 Å². The third kappa shape index (κ3) is 3.43. The van der Waals surface area contributed by atoms with Gasteiger partial charge in [-0.25, -0.2) is 0 Å². The largest absolute Gasteiger partial charge is 0.497 e. The molecule has 1 heterocycles. The average molecular weight is 307 g/mol. The predicted molar refractivity (Wildman–Crippen MR) is 89.3 cm³/mol. The maximum atomic E-state index is 5.85. The number of benzene rings is 2. The molecule has 4 heteroatoms. The fourth-order valence-corrected chi connectivity index (χ4v) is 2.26. The second-order valence-electron chi connectivity index (χ2n) is 4.86. The van der Waals surface area contributed by atoms with Crippen molar-refractivity contribution in [1.29, 1.82) is 0 Å². The van der Waals surface area contributed by atoms with Crippen LogP contribution < -0.4 is 14.2 Å². The second kappa shape index (κ2) is 6.83. The molecule has 0 saturated heterocycles. The molecule has 116 valence electrons. The van der Waals surface area contributed by atoms with Crippen LogP contribution in [0.5, 0.6) is 23.0 Å². The summed E-state index contributed by atoms with van der Waals surface area (Å²) in [5.74, 6) is 2.95. The van der Waals surface area contributed by atoms with Gasteiger partial charge in [0.1, 0.15) is 23.0 Å². The Balaban J connectivity index is 1.93. The Bertz CT molecular complexity index is 788. The summed E-state index contributed by atoms with van der Waals surface area (Å²) < 4.78 is 16.5. The summed E-state index contributed by atoms with van der Waals surface area (Å²) in [6.45, 7) is 0. The summed E-state index contributed by atoms with van der Waals surface area (Å²) in [6.07, 6.45) is 1.72. The van der Waals surface area contributed by atoms with E-state index in [0.717, 1.165) is 28.5 Å². The van der Waals surface area contributed by atoms with Gasteiger partial charge in [0.05, 0.1) is 19.9 Å². The van der Waals surface area contributed by atoms with E-state index in [4.69, 9.17) is 14.2 Å². The molecule has 4 nitrogen and oxygen atoms in total. The smallest absolute Gasteiger partial charge is 0.131 e. The van der Waals surface area contributed by atoms with Gasteiger partial charge >= 0.3 is 0 Å². The Morgan fingerprint density at radius 2 is 1.57 bits per heavy atom. The Morgan fingerprint density at radius 3 is 2.30 bits per heavy atom. The Kier molecular flexibility index (Phi) is 4.43. The zero-order chi connectivity index (χ0) is 16.1. The molecule has 0 aliphatic rings. The zero-order valence-corrected chi connectivity index (χ0v) is 13.0. The Labute approximate surface area is 135 Å². The van der Waals surface area contributed by atoms with E-state index in [0.29, 0.717) is 5.75 Å². The molecule has 0 bridgehead atoms. The number of nitrogens with zero attached hydrogens (tertiary/aromatic N) is 1. The minimum absolute atomic E-state index is 0.703. The van der Waals surface area contributed by atoms with E-state index in [1.54, 1.807) is 20.4 Å². The first kappa shape index (κ1) is 14.9. The van der Waals surface area contributed by atoms with Crippen molar-refractivity contribution in [3.05, 3.63) is 66.9 Å². The van der Waals surface area contributed by atoms with E-state index < -0.39 is 0 Å². The number of pyridine rings is 1. The first-order valence-corrected chi connectivity index (χ1v) is 7.21. The van der Waals surface area contributed by atoms with E-state index >= 15 is 0 Å². The van der Waals surface area contributed by atoms with Gasteiger partial charge in [0.2, 0.25) is 0 Å². The van der Waals surface area contributed by atoms with Crippen LogP contribution in [0.15, 0.2) is 66.9 Å². The molecule has 0 unspecified atom stereocenters. The second-order valence-corrected chi connectivity index (χ2v) is 4.86. The SMILES string of the molecule is COc1ccc(-c2cc(Oc3ccccc3)ccn2)c(OC)c1. The summed E-state index contributed by atoms with van der Waals surface area (Å²) in [4.78, 5) is 4.41. The molecule has 0 aliphatic heterocycles. The van der Waals surface area contributed by atoms with Crippen molar-refractivity contribution in [3.63, 3.8) is 0 Å². The third-order valence-electron chi connectivity index (χ3n) is 3.39. The normalized spacial score (nSPS) is 10.2. The molecule has 1 aromatic heterocycles. The zero-order valence-electron chi connectivity index (χ0n) is 13.0. The Hall–Kier alpha value is -3.01. The molecule has 0 radical (unpaired) electrons. The van der Waals surface area contributed by atoms with Gasteiger partial charge in [-0.2, -0.15) is 0 Å². The minimum Gasteiger partial charge on any atom is -0.497 e. The molecule has 0 saturated carbocycles. The Morgan fingerprint density at radius 1 is 0.739 bits per heavy atom.